The van der Waals surface area contributed by atoms with Gasteiger partial charge in [-0.25, -0.2) is 0 Å². The minimum Gasteiger partial charge on any atom is -0.508 e. The van der Waals surface area contributed by atoms with Crippen molar-refractivity contribution in [3.8, 4) is 11.5 Å². The molecule has 0 saturated heterocycles. The van der Waals surface area contributed by atoms with Gasteiger partial charge in [-0.3, -0.25) is 4.79 Å². The molecule has 0 aliphatic rings. The summed E-state index contributed by atoms with van der Waals surface area (Å²) < 4.78 is 5.43. The zero-order chi connectivity index (χ0) is 12.3. The Balaban J connectivity index is 3.03. The van der Waals surface area contributed by atoms with Gasteiger partial charge in [0.05, 0.1) is 6.10 Å². The number of carbonyl (C=O) groups excluding carboxylic acids is 1. The van der Waals surface area contributed by atoms with Crippen molar-refractivity contribution in [1.82, 2.24) is 4.90 Å². The maximum Gasteiger partial charge on any atom is 0.253 e. The van der Waals surface area contributed by atoms with E-state index in [2.05, 4.69) is 0 Å². The highest BCUT2D eigenvalue weighted by Crippen LogP contribution is 2.23. The van der Waals surface area contributed by atoms with E-state index in [1.165, 1.54) is 17.0 Å². The number of rotatable bonds is 3. The highest BCUT2D eigenvalue weighted by molar-refractivity contribution is 5.94. The first-order chi connectivity index (χ1) is 7.40. The van der Waals surface area contributed by atoms with Crippen molar-refractivity contribution in [2.75, 3.05) is 14.1 Å². The van der Waals surface area contributed by atoms with Gasteiger partial charge in [-0.2, -0.15) is 0 Å². The molecule has 0 aliphatic heterocycles. The molecule has 0 heterocycles. The molecule has 4 nitrogen and oxygen atoms in total. The molecule has 1 rings (SSSR count). The summed E-state index contributed by atoms with van der Waals surface area (Å²) in [5, 5.41) is 9.49. The quantitative estimate of drug-likeness (QED) is 0.851. The lowest BCUT2D eigenvalue weighted by Gasteiger charge is -2.14. The molecule has 1 N–H and O–H groups in total. The number of hydrogen-bond acceptors (Lipinski definition) is 3. The number of benzene rings is 1. The SMILES string of the molecule is CC(C)Oc1cc(O)cc(C(=O)N(C)C)c1. The Labute approximate surface area is 95.5 Å². The minimum absolute atomic E-state index is 0.00380. The Morgan fingerprint density at radius 3 is 2.44 bits per heavy atom. The lowest BCUT2D eigenvalue weighted by Crippen LogP contribution is -2.21. The van der Waals surface area contributed by atoms with Gasteiger partial charge in [-0.05, 0) is 26.0 Å². The van der Waals surface area contributed by atoms with Crippen molar-refractivity contribution in [3.05, 3.63) is 23.8 Å². The molecule has 0 bridgehead atoms. The zero-order valence-corrected chi connectivity index (χ0v) is 10.0. The fraction of sp³-hybridized carbons (Fsp3) is 0.417. The summed E-state index contributed by atoms with van der Waals surface area (Å²) in [4.78, 5) is 13.1. The van der Waals surface area contributed by atoms with Gasteiger partial charge in [0.1, 0.15) is 11.5 Å². The molecule has 0 atom stereocenters. The fourth-order valence-corrected chi connectivity index (χ4v) is 1.31. The van der Waals surface area contributed by atoms with Crippen molar-refractivity contribution in [3.63, 3.8) is 0 Å². The molecule has 1 amide bonds. The zero-order valence-electron chi connectivity index (χ0n) is 10.0. The van der Waals surface area contributed by atoms with Crippen LogP contribution < -0.4 is 4.74 Å². The van der Waals surface area contributed by atoms with E-state index in [1.807, 2.05) is 13.8 Å². The van der Waals surface area contributed by atoms with Crippen molar-refractivity contribution >= 4 is 5.91 Å². The van der Waals surface area contributed by atoms with Gasteiger partial charge in [0, 0.05) is 25.7 Å². The van der Waals surface area contributed by atoms with Gasteiger partial charge in [0.25, 0.3) is 5.91 Å². The lowest BCUT2D eigenvalue weighted by atomic mass is 10.2. The number of nitrogens with zero attached hydrogens (tertiary/aromatic N) is 1. The second-order valence-electron chi connectivity index (χ2n) is 4.08. The number of hydrogen-bond donors (Lipinski definition) is 1. The third-order valence-corrected chi connectivity index (χ3v) is 1.92. The summed E-state index contributed by atoms with van der Waals surface area (Å²) in [6, 6.07) is 4.55. The van der Waals surface area contributed by atoms with Gasteiger partial charge in [0.2, 0.25) is 0 Å². The standard InChI is InChI=1S/C12H17NO3/c1-8(2)16-11-6-9(5-10(14)7-11)12(15)13(3)4/h5-8,14H,1-4H3. The predicted molar refractivity (Wildman–Crippen MR) is 61.9 cm³/mol. The second-order valence-corrected chi connectivity index (χ2v) is 4.08. The molecular weight excluding hydrogens is 206 g/mol. The van der Waals surface area contributed by atoms with Crippen LogP contribution in [0.3, 0.4) is 0 Å². The van der Waals surface area contributed by atoms with Gasteiger partial charge in [0.15, 0.2) is 0 Å². The smallest absolute Gasteiger partial charge is 0.253 e. The van der Waals surface area contributed by atoms with Gasteiger partial charge in [-0.15, -0.1) is 0 Å². The summed E-state index contributed by atoms with van der Waals surface area (Å²) in [5.74, 6) is 0.369. The molecule has 0 aliphatic carbocycles. The first kappa shape index (κ1) is 12.4. The second kappa shape index (κ2) is 4.88. The monoisotopic (exact) mass is 223 g/mol. The van der Waals surface area contributed by atoms with Crippen molar-refractivity contribution in [2.24, 2.45) is 0 Å². The Bertz CT molecular complexity index is 386. The molecule has 0 aromatic heterocycles. The molecular formula is C12H17NO3. The molecule has 0 saturated carbocycles. The average Bonchev–Trinajstić information content (AvgIpc) is 2.14. The third kappa shape index (κ3) is 3.15. The van der Waals surface area contributed by atoms with E-state index < -0.39 is 0 Å². The Morgan fingerprint density at radius 1 is 1.31 bits per heavy atom. The number of carbonyl (C=O) groups is 1. The van der Waals surface area contributed by atoms with E-state index >= 15 is 0 Å². The van der Waals surface area contributed by atoms with Crippen LogP contribution >= 0.6 is 0 Å². The summed E-state index contributed by atoms with van der Waals surface area (Å²) in [6.07, 6.45) is 0.00380. The van der Waals surface area contributed by atoms with E-state index in [1.54, 1.807) is 20.2 Å². The van der Waals surface area contributed by atoms with E-state index in [9.17, 15) is 9.90 Å². The molecule has 4 heteroatoms. The molecule has 0 spiro atoms. The highest BCUT2D eigenvalue weighted by atomic mass is 16.5. The van der Waals surface area contributed by atoms with Crippen LogP contribution in [0.2, 0.25) is 0 Å². The molecule has 16 heavy (non-hydrogen) atoms. The van der Waals surface area contributed by atoms with E-state index in [0.717, 1.165) is 0 Å². The highest BCUT2D eigenvalue weighted by Gasteiger charge is 2.11. The number of amides is 1. The van der Waals surface area contributed by atoms with Crippen LogP contribution in [0.5, 0.6) is 11.5 Å². The van der Waals surface area contributed by atoms with Crippen LogP contribution in [-0.4, -0.2) is 36.1 Å². The summed E-state index contributed by atoms with van der Waals surface area (Å²) >= 11 is 0. The minimum atomic E-state index is -0.162. The summed E-state index contributed by atoms with van der Waals surface area (Å²) in [7, 11) is 3.32. The molecule has 0 fully saturated rings. The van der Waals surface area contributed by atoms with E-state index in [0.29, 0.717) is 11.3 Å². The van der Waals surface area contributed by atoms with Crippen molar-refractivity contribution in [2.45, 2.75) is 20.0 Å². The van der Waals surface area contributed by atoms with Crippen LogP contribution in [0.1, 0.15) is 24.2 Å². The van der Waals surface area contributed by atoms with Crippen LogP contribution in [0.4, 0.5) is 0 Å². The van der Waals surface area contributed by atoms with Gasteiger partial charge >= 0.3 is 0 Å². The largest absolute Gasteiger partial charge is 0.508 e. The Kier molecular flexibility index (Phi) is 3.77. The number of ether oxygens (including phenoxy) is 1. The predicted octanol–water partition coefficient (Wildman–Crippen LogP) is 1.88. The van der Waals surface area contributed by atoms with E-state index in [4.69, 9.17) is 4.74 Å². The molecule has 88 valence electrons. The number of aromatic hydroxyl groups is 1. The number of phenolic OH excluding ortho intramolecular Hbond substituents is 1. The van der Waals surface area contributed by atoms with Crippen molar-refractivity contribution < 1.29 is 14.6 Å². The van der Waals surface area contributed by atoms with Gasteiger partial charge in [-0.1, -0.05) is 0 Å². The molecule has 0 radical (unpaired) electrons. The third-order valence-electron chi connectivity index (χ3n) is 1.92. The lowest BCUT2D eigenvalue weighted by molar-refractivity contribution is 0.0826. The van der Waals surface area contributed by atoms with Crippen LogP contribution in [-0.2, 0) is 0 Å². The Hall–Kier alpha value is -1.71. The molecule has 0 unspecified atom stereocenters. The van der Waals surface area contributed by atoms with Crippen LogP contribution in [0.25, 0.3) is 0 Å². The van der Waals surface area contributed by atoms with E-state index in [-0.39, 0.29) is 17.8 Å². The maximum absolute atomic E-state index is 11.7. The molecule has 1 aromatic carbocycles. The topological polar surface area (TPSA) is 49.8 Å². The first-order valence-corrected chi connectivity index (χ1v) is 5.12. The van der Waals surface area contributed by atoms with Crippen LogP contribution in [0.15, 0.2) is 18.2 Å². The normalized spacial score (nSPS) is 10.3. The molecule has 1 aromatic rings. The Morgan fingerprint density at radius 2 is 1.94 bits per heavy atom. The maximum atomic E-state index is 11.7. The summed E-state index contributed by atoms with van der Waals surface area (Å²) in [5.41, 5.74) is 0.417. The fourth-order valence-electron chi connectivity index (χ4n) is 1.31. The van der Waals surface area contributed by atoms with Gasteiger partial charge < -0.3 is 14.7 Å². The first-order valence-electron chi connectivity index (χ1n) is 5.12. The summed E-state index contributed by atoms with van der Waals surface area (Å²) in [6.45, 7) is 3.77. The van der Waals surface area contributed by atoms with Crippen molar-refractivity contribution in [1.29, 1.82) is 0 Å². The average molecular weight is 223 g/mol. The number of phenols is 1. The van der Waals surface area contributed by atoms with Crippen LogP contribution in [0, 0.1) is 0 Å².